The Morgan fingerprint density at radius 1 is 1.10 bits per heavy atom. The first-order valence-corrected chi connectivity index (χ1v) is 6.78. The van der Waals surface area contributed by atoms with Crippen LogP contribution in [-0.4, -0.2) is 15.7 Å². The molecule has 0 aliphatic carbocycles. The van der Waals surface area contributed by atoms with Crippen LogP contribution in [0.4, 0.5) is 13.2 Å². The van der Waals surface area contributed by atoms with E-state index in [1.807, 2.05) is 34.9 Å². The molecule has 1 N–H and O–H groups in total. The Morgan fingerprint density at radius 2 is 1.80 bits per heavy atom. The molecule has 0 aliphatic rings. The average molecular weight is 300 g/mol. The molecule has 1 heterocycles. The molecule has 0 radical (unpaired) electrons. The van der Waals surface area contributed by atoms with E-state index in [2.05, 4.69) is 4.98 Å². The van der Waals surface area contributed by atoms with E-state index in [0.29, 0.717) is 17.7 Å². The minimum atomic E-state index is -4.08. The van der Waals surface area contributed by atoms with Crippen LogP contribution in [0, 0.1) is 4.77 Å². The molecule has 0 fully saturated rings. The van der Waals surface area contributed by atoms with E-state index >= 15 is 0 Å². The highest BCUT2D eigenvalue weighted by molar-refractivity contribution is 7.71. The summed E-state index contributed by atoms with van der Waals surface area (Å²) in [5.74, 6) is 0. The summed E-state index contributed by atoms with van der Waals surface area (Å²) in [6.45, 7) is 0.489. The first kappa shape index (κ1) is 14.8. The maximum atomic E-state index is 12.1. The van der Waals surface area contributed by atoms with Crippen molar-refractivity contribution >= 4 is 12.2 Å². The lowest BCUT2D eigenvalue weighted by Crippen LogP contribution is -2.08. The predicted octanol–water partition coefficient (Wildman–Crippen LogP) is 4.95. The number of aromatic amines is 1. The Morgan fingerprint density at radius 3 is 2.45 bits per heavy atom. The number of benzene rings is 1. The van der Waals surface area contributed by atoms with Gasteiger partial charge in [0.15, 0.2) is 4.77 Å². The topological polar surface area (TPSA) is 20.7 Å². The molecule has 0 unspecified atom stereocenters. The van der Waals surface area contributed by atoms with Crippen LogP contribution in [0.1, 0.15) is 19.3 Å². The maximum absolute atomic E-state index is 12.1. The van der Waals surface area contributed by atoms with Crippen LogP contribution < -0.4 is 0 Å². The van der Waals surface area contributed by atoms with Crippen molar-refractivity contribution in [1.29, 1.82) is 0 Å². The second kappa shape index (κ2) is 6.26. The molecule has 0 saturated heterocycles. The van der Waals surface area contributed by atoms with Crippen LogP contribution in [0.2, 0.25) is 0 Å². The minimum absolute atomic E-state index is 0.116. The van der Waals surface area contributed by atoms with E-state index in [1.165, 1.54) is 0 Å². The van der Waals surface area contributed by atoms with E-state index < -0.39 is 12.6 Å². The Balaban J connectivity index is 2.05. The third kappa shape index (κ3) is 3.96. The van der Waals surface area contributed by atoms with Gasteiger partial charge in [-0.3, -0.25) is 0 Å². The van der Waals surface area contributed by atoms with Crippen molar-refractivity contribution in [3.05, 3.63) is 41.3 Å². The monoisotopic (exact) mass is 300 g/mol. The fraction of sp³-hybridized carbons (Fsp3) is 0.357. The number of rotatable bonds is 5. The molecule has 0 atom stereocenters. The first-order valence-electron chi connectivity index (χ1n) is 6.38. The highest BCUT2D eigenvalue weighted by Crippen LogP contribution is 2.24. The summed E-state index contributed by atoms with van der Waals surface area (Å²) in [5, 5.41) is 0. The van der Waals surface area contributed by atoms with E-state index in [9.17, 15) is 13.2 Å². The molecule has 2 nitrogen and oxygen atoms in total. The molecule has 1 aromatic heterocycles. The van der Waals surface area contributed by atoms with Gasteiger partial charge in [-0.2, -0.15) is 13.2 Å². The van der Waals surface area contributed by atoms with Crippen LogP contribution in [0.3, 0.4) is 0 Å². The summed E-state index contributed by atoms with van der Waals surface area (Å²) in [7, 11) is 0. The highest BCUT2D eigenvalue weighted by atomic mass is 32.1. The average Bonchev–Trinajstić information content (AvgIpc) is 2.76. The van der Waals surface area contributed by atoms with Crippen LogP contribution in [0.25, 0.3) is 11.3 Å². The molecular weight excluding hydrogens is 285 g/mol. The molecule has 20 heavy (non-hydrogen) atoms. The standard InChI is InChI=1S/C14H15F3N2S/c15-14(16,17)8-4-5-9-19-12(10-18-13(19)20)11-6-2-1-3-7-11/h1-3,6-7,10H,4-5,8-9H2,(H,18,20). The third-order valence-electron chi connectivity index (χ3n) is 3.03. The zero-order valence-corrected chi connectivity index (χ0v) is 11.6. The van der Waals surface area contributed by atoms with E-state index in [-0.39, 0.29) is 6.42 Å². The van der Waals surface area contributed by atoms with Crippen molar-refractivity contribution in [3.8, 4) is 11.3 Å². The minimum Gasteiger partial charge on any atom is -0.337 e. The molecule has 6 heteroatoms. The van der Waals surface area contributed by atoms with Gasteiger partial charge in [0.25, 0.3) is 0 Å². The lowest BCUT2D eigenvalue weighted by Gasteiger charge is -2.09. The Hall–Kier alpha value is -1.56. The number of aromatic nitrogens is 2. The number of imidazole rings is 1. The summed E-state index contributed by atoms with van der Waals surface area (Å²) in [6.07, 6.45) is -2.47. The Labute approximate surface area is 120 Å². The van der Waals surface area contributed by atoms with Crippen molar-refractivity contribution in [2.75, 3.05) is 0 Å². The fourth-order valence-electron chi connectivity index (χ4n) is 2.06. The SMILES string of the molecule is FC(F)(F)CCCCn1c(-c2ccccc2)c[nH]c1=S. The number of nitrogens with one attached hydrogen (secondary N) is 1. The predicted molar refractivity (Wildman–Crippen MR) is 75.0 cm³/mol. The van der Waals surface area contributed by atoms with Crippen molar-refractivity contribution in [3.63, 3.8) is 0 Å². The lowest BCUT2D eigenvalue weighted by molar-refractivity contribution is -0.135. The van der Waals surface area contributed by atoms with Crippen molar-refractivity contribution in [2.24, 2.45) is 0 Å². The third-order valence-corrected chi connectivity index (χ3v) is 3.37. The zero-order valence-electron chi connectivity index (χ0n) is 10.8. The molecule has 2 aromatic rings. The summed E-state index contributed by atoms with van der Waals surface area (Å²) in [4.78, 5) is 2.95. The molecular formula is C14H15F3N2S. The van der Waals surface area contributed by atoms with Gasteiger partial charge in [-0.05, 0) is 30.6 Å². The number of hydrogen-bond donors (Lipinski definition) is 1. The van der Waals surface area contributed by atoms with Gasteiger partial charge in [0.2, 0.25) is 0 Å². The summed E-state index contributed by atoms with van der Waals surface area (Å²) in [5.41, 5.74) is 1.90. The van der Waals surface area contributed by atoms with Crippen molar-refractivity contribution < 1.29 is 13.2 Å². The van der Waals surface area contributed by atoms with Gasteiger partial charge in [0.05, 0.1) is 5.69 Å². The smallest absolute Gasteiger partial charge is 0.337 e. The quantitative estimate of drug-likeness (QED) is 0.612. The number of halogens is 3. The number of nitrogens with zero attached hydrogens (tertiary/aromatic N) is 1. The van der Waals surface area contributed by atoms with Gasteiger partial charge < -0.3 is 9.55 Å². The lowest BCUT2D eigenvalue weighted by atomic mass is 10.1. The first-order chi connectivity index (χ1) is 9.47. The van der Waals surface area contributed by atoms with Gasteiger partial charge >= 0.3 is 6.18 Å². The maximum Gasteiger partial charge on any atom is 0.389 e. The zero-order chi connectivity index (χ0) is 14.6. The van der Waals surface area contributed by atoms with Gasteiger partial charge in [0, 0.05) is 19.2 Å². The molecule has 0 spiro atoms. The fourth-order valence-corrected chi connectivity index (χ4v) is 2.31. The number of unbranched alkanes of at least 4 members (excludes halogenated alkanes) is 1. The second-order valence-electron chi connectivity index (χ2n) is 4.57. The van der Waals surface area contributed by atoms with Crippen molar-refractivity contribution in [1.82, 2.24) is 9.55 Å². The molecule has 0 bridgehead atoms. The number of H-pyrrole nitrogens is 1. The summed E-state index contributed by atoms with van der Waals surface area (Å²) in [6, 6.07) is 9.64. The van der Waals surface area contributed by atoms with E-state index in [4.69, 9.17) is 12.2 Å². The van der Waals surface area contributed by atoms with Gasteiger partial charge in [-0.25, -0.2) is 0 Å². The Kier molecular flexibility index (Phi) is 4.65. The normalized spacial score (nSPS) is 11.8. The Bertz CT molecular complexity index is 599. The van der Waals surface area contributed by atoms with Crippen LogP contribution in [-0.2, 0) is 6.54 Å². The van der Waals surface area contributed by atoms with E-state index in [0.717, 1.165) is 11.3 Å². The summed E-state index contributed by atoms with van der Waals surface area (Å²) >= 11 is 5.18. The van der Waals surface area contributed by atoms with Crippen LogP contribution in [0.5, 0.6) is 0 Å². The van der Waals surface area contributed by atoms with Gasteiger partial charge in [-0.15, -0.1) is 0 Å². The molecule has 0 saturated carbocycles. The van der Waals surface area contributed by atoms with Crippen LogP contribution >= 0.6 is 12.2 Å². The molecule has 0 aliphatic heterocycles. The molecule has 0 amide bonds. The number of alkyl halides is 3. The molecule has 2 rings (SSSR count). The molecule has 1 aromatic carbocycles. The van der Waals surface area contributed by atoms with Crippen LogP contribution in [0.15, 0.2) is 36.5 Å². The second-order valence-corrected chi connectivity index (χ2v) is 4.96. The van der Waals surface area contributed by atoms with Crippen molar-refractivity contribution in [2.45, 2.75) is 32.0 Å². The summed E-state index contributed by atoms with van der Waals surface area (Å²) < 4.78 is 38.7. The van der Waals surface area contributed by atoms with Gasteiger partial charge in [0.1, 0.15) is 0 Å². The van der Waals surface area contributed by atoms with E-state index in [1.54, 1.807) is 6.20 Å². The van der Waals surface area contributed by atoms with Gasteiger partial charge in [-0.1, -0.05) is 30.3 Å². The molecule has 108 valence electrons. The number of hydrogen-bond acceptors (Lipinski definition) is 1. The highest BCUT2D eigenvalue weighted by Gasteiger charge is 2.25. The largest absolute Gasteiger partial charge is 0.389 e.